The fourth-order valence-corrected chi connectivity index (χ4v) is 2.84. The molecule has 0 aliphatic heterocycles. The molecule has 0 unspecified atom stereocenters. The lowest BCUT2D eigenvalue weighted by Gasteiger charge is -2.13. The van der Waals surface area contributed by atoms with E-state index in [0.717, 1.165) is 41.9 Å². The SMILES string of the molecule is CCc1nccc(-c2cccnc2Oc2cc(C(=O)NC3CC3)ccc2C)n1. The molecule has 0 saturated heterocycles. The molecule has 1 aliphatic rings. The third kappa shape index (κ3) is 4.01. The van der Waals surface area contributed by atoms with Crippen LogP contribution in [0.4, 0.5) is 0 Å². The molecule has 0 spiro atoms. The summed E-state index contributed by atoms with van der Waals surface area (Å²) < 4.78 is 6.13. The van der Waals surface area contributed by atoms with Gasteiger partial charge in [0.25, 0.3) is 5.91 Å². The number of carbonyl (C=O) groups is 1. The number of aryl methyl sites for hydroxylation is 2. The Morgan fingerprint density at radius 3 is 2.82 bits per heavy atom. The van der Waals surface area contributed by atoms with Crippen LogP contribution in [0.3, 0.4) is 0 Å². The number of amides is 1. The van der Waals surface area contributed by atoms with Gasteiger partial charge in [0.05, 0.1) is 11.3 Å². The van der Waals surface area contributed by atoms with Gasteiger partial charge in [-0.3, -0.25) is 4.79 Å². The predicted molar refractivity (Wildman–Crippen MR) is 106 cm³/mol. The van der Waals surface area contributed by atoms with Gasteiger partial charge in [-0.1, -0.05) is 13.0 Å². The highest BCUT2D eigenvalue weighted by Gasteiger charge is 2.24. The van der Waals surface area contributed by atoms with E-state index in [1.165, 1.54) is 0 Å². The lowest BCUT2D eigenvalue weighted by Crippen LogP contribution is -2.25. The fraction of sp³-hybridized carbons (Fsp3) is 0.273. The number of hydrogen-bond donors (Lipinski definition) is 1. The van der Waals surface area contributed by atoms with Crippen molar-refractivity contribution in [2.24, 2.45) is 0 Å². The van der Waals surface area contributed by atoms with Crippen molar-refractivity contribution in [2.45, 2.75) is 39.2 Å². The molecule has 1 amide bonds. The third-order valence-corrected chi connectivity index (χ3v) is 4.64. The summed E-state index contributed by atoms with van der Waals surface area (Å²) in [6.07, 6.45) is 6.28. The maximum atomic E-state index is 12.4. The van der Waals surface area contributed by atoms with E-state index in [0.29, 0.717) is 23.2 Å². The number of benzene rings is 1. The minimum absolute atomic E-state index is 0.0722. The van der Waals surface area contributed by atoms with E-state index in [4.69, 9.17) is 4.74 Å². The van der Waals surface area contributed by atoms with Crippen LogP contribution in [0.2, 0.25) is 0 Å². The summed E-state index contributed by atoms with van der Waals surface area (Å²) in [6, 6.07) is 11.4. The first-order valence-corrected chi connectivity index (χ1v) is 9.50. The van der Waals surface area contributed by atoms with E-state index in [-0.39, 0.29) is 5.91 Å². The first-order chi connectivity index (χ1) is 13.6. The number of hydrogen-bond acceptors (Lipinski definition) is 5. The van der Waals surface area contributed by atoms with E-state index in [1.807, 2.05) is 44.2 Å². The van der Waals surface area contributed by atoms with Gasteiger partial charge in [-0.15, -0.1) is 0 Å². The molecule has 1 aliphatic carbocycles. The Kier molecular flexibility index (Phi) is 5.02. The van der Waals surface area contributed by atoms with Crippen LogP contribution in [0, 0.1) is 6.92 Å². The molecule has 6 heteroatoms. The summed E-state index contributed by atoms with van der Waals surface area (Å²) >= 11 is 0. The van der Waals surface area contributed by atoms with Crippen LogP contribution in [0.15, 0.2) is 48.8 Å². The smallest absolute Gasteiger partial charge is 0.251 e. The fourth-order valence-electron chi connectivity index (χ4n) is 2.84. The van der Waals surface area contributed by atoms with Gasteiger partial charge >= 0.3 is 0 Å². The van der Waals surface area contributed by atoms with Crippen LogP contribution >= 0.6 is 0 Å². The molecule has 142 valence electrons. The zero-order valence-electron chi connectivity index (χ0n) is 16.0. The predicted octanol–water partition coefficient (Wildman–Crippen LogP) is 4.09. The van der Waals surface area contributed by atoms with Crippen LogP contribution in [-0.2, 0) is 6.42 Å². The number of pyridine rings is 1. The van der Waals surface area contributed by atoms with Crippen molar-refractivity contribution in [3.63, 3.8) is 0 Å². The summed E-state index contributed by atoms with van der Waals surface area (Å²) in [4.78, 5) is 25.6. The van der Waals surface area contributed by atoms with Gasteiger partial charge in [-0.05, 0) is 55.7 Å². The van der Waals surface area contributed by atoms with Crippen LogP contribution in [0.1, 0.15) is 41.5 Å². The van der Waals surface area contributed by atoms with Crippen LogP contribution < -0.4 is 10.1 Å². The molecule has 1 saturated carbocycles. The van der Waals surface area contributed by atoms with Gasteiger partial charge in [0.2, 0.25) is 5.88 Å². The normalized spacial score (nSPS) is 13.2. The molecule has 3 aromatic rings. The Morgan fingerprint density at radius 1 is 1.18 bits per heavy atom. The van der Waals surface area contributed by atoms with Crippen LogP contribution in [0.25, 0.3) is 11.3 Å². The average molecular weight is 374 g/mol. The molecule has 0 atom stereocenters. The van der Waals surface area contributed by atoms with Gasteiger partial charge in [0.1, 0.15) is 11.6 Å². The Balaban J connectivity index is 1.65. The van der Waals surface area contributed by atoms with Crippen molar-refractivity contribution < 1.29 is 9.53 Å². The van der Waals surface area contributed by atoms with Gasteiger partial charge < -0.3 is 10.1 Å². The zero-order valence-corrected chi connectivity index (χ0v) is 16.0. The van der Waals surface area contributed by atoms with Crippen LogP contribution in [-0.4, -0.2) is 26.9 Å². The molecule has 0 bridgehead atoms. The van der Waals surface area contributed by atoms with Gasteiger partial charge in [0.15, 0.2) is 0 Å². The van der Waals surface area contributed by atoms with Gasteiger partial charge in [-0.25, -0.2) is 15.0 Å². The van der Waals surface area contributed by atoms with Gasteiger partial charge in [-0.2, -0.15) is 0 Å². The number of carbonyl (C=O) groups excluding carboxylic acids is 1. The number of ether oxygens (including phenoxy) is 1. The second-order valence-corrected chi connectivity index (χ2v) is 6.90. The van der Waals surface area contributed by atoms with E-state index in [2.05, 4.69) is 20.3 Å². The Hall–Kier alpha value is -3.28. The van der Waals surface area contributed by atoms with E-state index >= 15 is 0 Å². The number of nitrogens with one attached hydrogen (secondary N) is 1. The van der Waals surface area contributed by atoms with Crippen molar-refractivity contribution in [2.75, 3.05) is 0 Å². The minimum atomic E-state index is -0.0722. The maximum absolute atomic E-state index is 12.4. The Labute approximate surface area is 164 Å². The second kappa shape index (κ2) is 7.76. The zero-order chi connectivity index (χ0) is 19.5. The first-order valence-electron chi connectivity index (χ1n) is 9.50. The molecule has 1 aromatic carbocycles. The third-order valence-electron chi connectivity index (χ3n) is 4.64. The van der Waals surface area contributed by atoms with E-state index in [1.54, 1.807) is 18.5 Å². The molecule has 4 rings (SSSR count). The lowest BCUT2D eigenvalue weighted by atomic mass is 10.1. The minimum Gasteiger partial charge on any atom is -0.438 e. The van der Waals surface area contributed by atoms with E-state index < -0.39 is 0 Å². The van der Waals surface area contributed by atoms with Gasteiger partial charge in [0, 0.05) is 30.4 Å². The second-order valence-electron chi connectivity index (χ2n) is 6.90. The largest absolute Gasteiger partial charge is 0.438 e. The number of aromatic nitrogens is 3. The lowest BCUT2D eigenvalue weighted by molar-refractivity contribution is 0.0950. The molecule has 1 fully saturated rings. The summed E-state index contributed by atoms with van der Waals surface area (Å²) in [5.74, 6) is 1.75. The Bertz CT molecular complexity index is 1010. The topological polar surface area (TPSA) is 77.0 Å². The van der Waals surface area contributed by atoms with E-state index in [9.17, 15) is 4.79 Å². The molecular weight excluding hydrogens is 352 g/mol. The summed E-state index contributed by atoms with van der Waals surface area (Å²) in [5, 5.41) is 3.00. The molecular formula is C22H22N4O2. The van der Waals surface area contributed by atoms with Crippen molar-refractivity contribution in [3.05, 3.63) is 65.7 Å². The van der Waals surface area contributed by atoms with Crippen molar-refractivity contribution in [1.82, 2.24) is 20.3 Å². The summed E-state index contributed by atoms with van der Waals surface area (Å²) in [7, 11) is 0. The number of nitrogens with zero attached hydrogens (tertiary/aromatic N) is 3. The standard InChI is InChI=1S/C22H22N4O2/c1-3-20-23-12-10-18(26-20)17-5-4-11-24-22(17)28-19-13-15(7-6-14(19)2)21(27)25-16-8-9-16/h4-7,10-13,16H,3,8-9H2,1-2H3,(H,25,27). The van der Waals surface area contributed by atoms with Crippen molar-refractivity contribution >= 4 is 5.91 Å². The molecule has 0 radical (unpaired) electrons. The molecule has 2 aromatic heterocycles. The number of rotatable bonds is 6. The average Bonchev–Trinajstić information content (AvgIpc) is 3.54. The van der Waals surface area contributed by atoms with Crippen molar-refractivity contribution in [3.8, 4) is 22.9 Å². The van der Waals surface area contributed by atoms with Crippen molar-refractivity contribution in [1.29, 1.82) is 0 Å². The van der Waals surface area contributed by atoms with Crippen LogP contribution in [0.5, 0.6) is 11.6 Å². The highest BCUT2D eigenvalue weighted by atomic mass is 16.5. The summed E-state index contributed by atoms with van der Waals surface area (Å²) in [5.41, 5.74) is 3.05. The molecule has 2 heterocycles. The maximum Gasteiger partial charge on any atom is 0.251 e. The molecule has 6 nitrogen and oxygen atoms in total. The highest BCUT2D eigenvalue weighted by Crippen LogP contribution is 2.32. The Morgan fingerprint density at radius 2 is 2.04 bits per heavy atom. The monoisotopic (exact) mass is 374 g/mol. The highest BCUT2D eigenvalue weighted by molar-refractivity contribution is 5.95. The molecule has 28 heavy (non-hydrogen) atoms. The first kappa shape index (κ1) is 18.1. The quantitative estimate of drug-likeness (QED) is 0.703. The molecule has 1 N–H and O–H groups in total. The summed E-state index contributed by atoms with van der Waals surface area (Å²) in [6.45, 7) is 3.96.